The molecule has 0 unspecified atom stereocenters. The van der Waals surface area contributed by atoms with Crippen LogP contribution >= 0.6 is 0 Å². The van der Waals surface area contributed by atoms with Crippen LogP contribution in [0.3, 0.4) is 0 Å². The highest BCUT2D eigenvalue weighted by Gasteiger charge is 2.26. The molecule has 32 rings (SSSR count). The van der Waals surface area contributed by atoms with E-state index in [1.165, 1.54) is 0 Å². The summed E-state index contributed by atoms with van der Waals surface area (Å²) in [5.41, 5.74) is 9.48. The van der Waals surface area contributed by atoms with Gasteiger partial charge in [0.2, 0.25) is 35.7 Å². The quantitative estimate of drug-likeness (QED) is 0.0327. The van der Waals surface area contributed by atoms with Crippen molar-refractivity contribution >= 4 is 52.8 Å². The van der Waals surface area contributed by atoms with Gasteiger partial charge in [0.1, 0.15) is 17.2 Å². The Bertz CT molecular complexity index is 4180. The maximum Gasteiger partial charge on any atom is 0.328 e. The minimum Gasteiger partial charge on any atom is -0.424 e. The smallest absolute Gasteiger partial charge is 0.328 e. The van der Waals surface area contributed by atoms with Crippen molar-refractivity contribution in [2.45, 2.75) is 59.3 Å². The Balaban J connectivity index is 1.05. The lowest BCUT2D eigenvalue weighted by Gasteiger charge is -2.26. The van der Waals surface area contributed by atoms with Crippen molar-refractivity contribution in [2.24, 2.45) is 0 Å². The summed E-state index contributed by atoms with van der Waals surface area (Å²) in [6.45, 7) is 7.33. The fraction of sp³-hybridized carbons (Fsp3) is 0.308. The van der Waals surface area contributed by atoms with Gasteiger partial charge in [0, 0.05) is 92.7 Å². The van der Waals surface area contributed by atoms with Crippen molar-refractivity contribution in [2.75, 3.05) is 128 Å². The van der Waals surface area contributed by atoms with Crippen molar-refractivity contribution in [1.82, 2.24) is 59.8 Å². The van der Waals surface area contributed by atoms with E-state index >= 15 is 0 Å². The first-order chi connectivity index (χ1) is 51.5. The van der Waals surface area contributed by atoms with E-state index in [4.69, 9.17) is 74.0 Å². The van der Waals surface area contributed by atoms with Gasteiger partial charge in [-0.3, -0.25) is 0 Å². The number of hydrogen-bond donors (Lipinski definition) is 6. The normalized spacial score (nSPS) is 12.3. The van der Waals surface area contributed by atoms with Crippen LogP contribution in [0, 0.1) is 0 Å². The summed E-state index contributed by atoms with van der Waals surface area (Å²) >= 11 is 0. The molecular weight excluding hydrogens is 1330 g/mol. The lowest BCUT2D eigenvalue weighted by molar-refractivity contribution is 0.279. The number of hydrogen-bond acceptors (Lipinski definition) is 27. The summed E-state index contributed by atoms with van der Waals surface area (Å²) in [5.74, 6) is 3.94. The van der Waals surface area contributed by atoms with Gasteiger partial charge in [-0.15, -0.1) is 0 Å². The maximum atomic E-state index is 10.3. The predicted octanol–water partition coefficient (Wildman–Crippen LogP) is 11.6. The van der Waals surface area contributed by atoms with E-state index in [0.717, 1.165) is 89.0 Å². The molecular formula is C78H84N18O9. The van der Waals surface area contributed by atoms with Crippen molar-refractivity contribution in [1.29, 1.82) is 0 Å². The number of aliphatic hydroxyl groups excluding tert-OH is 6. The van der Waals surface area contributed by atoms with E-state index in [2.05, 4.69) is 39.0 Å². The lowest BCUT2D eigenvalue weighted by atomic mass is 9.93. The van der Waals surface area contributed by atoms with Gasteiger partial charge in [-0.05, 0) is 180 Å². The molecule has 105 heavy (non-hydrogen) atoms. The Hall–Kier alpha value is -11.5. The summed E-state index contributed by atoms with van der Waals surface area (Å²) in [5, 5.41) is 61.7. The van der Waals surface area contributed by atoms with Gasteiger partial charge in [0.25, 0.3) is 0 Å². The van der Waals surface area contributed by atoms with Crippen LogP contribution in [0.2, 0.25) is 0 Å². The van der Waals surface area contributed by atoms with Crippen LogP contribution in [0.15, 0.2) is 164 Å². The molecule has 25 heterocycles. The molecule has 0 fully saturated rings. The fourth-order valence-corrected chi connectivity index (χ4v) is 12.3. The second-order valence-electron chi connectivity index (χ2n) is 25.1. The molecule has 11 aromatic rings. The highest BCUT2D eigenvalue weighted by atomic mass is 16.5. The highest BCUT2D eigenvalue weighted by Crippen LogP contribution is 2.39. The maximum absolute atomic E-state index is 10.3. The Morgan fingerprint density at radius 1 is 0.276 bits per heavy atom. The first kappa shape index (κ1) is 71.9. The zero-order chi connectivity index (χ0) is 72.6. The van der Waals surface area contributed by atoms with E-state index in [-0.39, 0.29) is 133 Å². The minimum absolute atomic E-state index is 0.0000116. The summed E-state index contributed by atoms with van der Waals surface area (Å²) in [6, 6.07) is 52.8. The van der Waals surface area contributed by atoms with Crippen molar-refractivity contribution in [3.8, 4) is 103 Å². The topological polar surface area (TPSA) is 323 Å². The number of aromatic nitrogens is 12. The van der Waals surface area contributed by atoms with Gasteiger partial charge in [-0.2, -0.15) is 44.9 Å². The molecule has 0 atom stereocenters. The highest BCUT2D eigenvalue weighted by molar-refractivity contribution is 5.82. The van der Waals surface area contributed by atoms with Crippen molar-refractivity contribution < 1.29 is 44.8 Å². The molecule has 0 saturated heterocycles. The predicted molar refractivity (Wildman–Crippen MR) is 403 cm³/mol. The van der Waals surface area contributed by atoms with Gasteiger partial charge in [0.15, 0.2) is 17.5 Å². The van der Waals surface area contributed by atoms with Crippen LogP contribution in [0.1, 0.15) is 59.3 Å². The van der Waals surface area contributed by atoms with Crippen LogP contribution in [0.4, 0.5) is 52.8 Å². The van der Waals surface area contributed by atoms with E-state index < -0.39 is 0 Å². The first-order valence-electron chi connectivity index (χ1n) is 35.6. The van der Waals surface area contributed by atoms with E-state index in [0.29, 0.717) is 71.0 Å². The second-order valence-corrected chi connectivity index (χ2v) is 25.1. The van der Waals surface area contributed by atoms with Gasteiger partial charge in [-0.1, -0.05) is 76.4 Å². The molecule has 21 aliphatic heterocycles. The monoisotopic (exact) mass is 1420 g/mol. The van der Waals surface area contributed by atoms with Gasteiger partial charge in [-0.25, -0.2) is 15.0 Å². The third kappa shape index (κ3) is 17.1. The molecule has 27 heteroatoms. The molecule has 0 amide bonds. The Morgan fingerprint density at radius 3 is 0.743 bits per heavy atom. The number of aliphatic hydroxyl groups is 6. The molecule has 24 bridgehead atoms. The van der Waals surface area contributed by atoms with Gasteiger partial charge >= 0.3 is 18.0 Å². The molecule has 0 saturated carbocycles. The Morgan fingerprint density at radius 2 is 0.514 bits per heavy atom. The Kier molecular flexibility index (Phi) is 23.4. The van der Waals surface area contributed by atoms with Crippen LogP contribution in [0.25, 0.3) is 67.5 Å². The molecule has 4 aromatic heterocycles. The molecule has 6 N–H and O–H groups in total. The molecule has 7 aromatic carbocycles. The fourth-order valence-electron chi connectivity index (χ4n) is 12.3. The van der Waals surface area contributed by atoms with Crippen LogP contribution in [0.5, 0.6) is 35.3 Å². The number of nitrogens with zero attached hydrogens (tertiary/aromatic N) is 18. The van der Waals surface area contributed by atoms with Crippen LogP contribution < -0.4 is 43.6 Å². The van der Waals surface area contributed by atoms with Crippen molar-refractivity contribution in [3.63, 3.8) is 0 Å². The first-order valence-corrected chi connectivity index (χ1v) is 35.6. The average Bonchev–Trinajstić information content (AvgIpc) is 0.800. The molecule has 540 valence electrons. The summed E-state index contributed by atoms with van der Waals surface area (Å²) < 4.78 is 19.8. The van der Waals surface area contributed by atoms with E-state index in [1.54, 1.807) is 14.7 Å². The number of ether oxygens (including phenoxy) is 3. The number of unbranched alkanes of at least 4 members (excludes halogenated alkanes) is 3. The largest absolute Gasteiger partial charge is 0.424 e. The molecule has 27 nitrogen and oxygen atoms in total. The number of rotatable bonds is 24. The molecule has 0 spiro atoms. The summed E-state index contributed by atoms with van der Waals surface area (Å²) in [4.78, 5) is 71.1. The van der Waals surface area contributed by atoms with Gasteiger partial charge in [0.05, 0.1) is 39.6 Å². The third-order valence-corrected chi connectivity index (χ3v) is 17.8. The summed E-state index contributed by atoms with van der Waals surface area (Å²) in [7, 11) is 0. The number of anilines is 9. The zero-order valence-corrected chi connectivity index (χ0v) is 58.9. The lowest BCUT2D eigenvalue weighted by Crippen LogP contribution is -2.32. The zero-order valence-electron chi connectivity index (χ0n) is 58.9. The summed E-state index contributed by atoms with van der Waals surface area (Å²) in [6.07, 6.45) is 4.86. The molecule has 0 aliphatic carbocycles. The SMILES string of the molecule is CCCCN1c2ccc(cc2)-c2nc3nc(n2)-c2ccc(cc2)N(CCCC)c2nc(nc(N(CCO)CCO)n2)Oc2ccc(cc2)-c2cc(cc(c2)-c2ccc(cc2)Oc2nc(N(CCO)CCO)nc(n2)N(CCCC)c2ccc-3cc2)-c2ccc(cc2)Oc2nc(N(CCO)CCO)nc1n2. The minimum atomic E-state index is -0.223. The standard InChI is InChI=1S/C78H84N18O9/c1-4-7-34-94-61-22-10-55(11-23-61)67-79-68-56-12-24-62(25-13-56)95(35-8-5-2)74-83-71(92(39-45-99)40-46-100)86-77(89-74)104-65-30-18-53(19-31-65)59-49-58(52-16-28-64(29-17-52)103-76-85-70(82-73(94)88-76)91(37-43-97)38-44-98)50-60(51-59)54-20-32-66(33-21-54)105-78-87-72(93(41-47-101)42-48-102)84-75(90-78)96(36-9-6-3)63-26-14-57(15-27-63)69(80-67)81-68/h10-33,49-51,97-102H,4-9,34-48H2,1-3H3. The van der Waals surface area contributed by atoms with Crippen LogP contribution in [-0.4, -0.2) is 189 Å². The van der Waals surface area contributed by atoms with Gasteiger partial charge < -0.3 is 74.2 Å². The third-order valence-electron chi connectivity index (χ3n) is 17.8. The molecule has 21 aliphatic rings. The van der Waals surface area contributed by atoms with Crippen molar-refractivity contribution in [3.05, 3.63) is 164 Å². The average molecular weight is 1420 g/mol. The van der Waals surface area contributed by atoms with E-state index in [9.17, 15) is 30.6 Å². The number of benzene rings is 7. The second kappa shape index (κ2) is 34.2. The van der Waals surface area contributed by atoms with E-state index in [1.807, 2.05) is 160 Å². The van der Waals surface area contributed by atoms with Crippen LogP contribution in [-0.2, 0) is 0 Å². The Labute approximate surface area is 608 Å². The molecule has 0 radical (unpaired) electrons.